The van der Waals surface area contributed by atoms with Crippen LogP contribution in [0.2, 0.25) is 0 Å². The highest BCUT2D eigenvalue weighted by atomic mass is 19.4. The third kappa shape index (κ3) is 3.51. The van der Waals surface area contributed by atoms with Crippen LogP contribution >= 0.6 is 0 Å². The van der Waals surface area contributed by atoms with Gasteiger partial charge in [0.2, 0.25) is 0 Å². The van der Waals surface area contributed by atoms with Crippen LogP contribution in [0.3, 0.4) is 0 Å². The second-order valence-electron chi connectivity index (χ2n) is 4.51. The van der Waals surface area contributed by atoms with Crippen LogP contribution in [0.5, 0.6) is 5.75 Å². The summed E-state index contributed by atoms with van der Waals surface area (Å²) in [6.45, 7) is 1.85. The van der Waals surface area contributed by atoms with Crippen molar-refractivity contribution in [1.82, 2.24) is 0 Å². The highest BCUT2D eigenvalue weighted by molar-refractivity contribution is 5.65. The van der Waals surface area contributed by atoms with Gasteiger partial charge in [-0.1, -0.05) is 42.0 Å². The number of alkyl halides is 5. The molecule has 1 nitrogen and oxygen atoms in total. The fourth-order valence-electron chi connectivity index (χ4n) is 1.77. The van der Waals surface area contributed by atoms with E-state index in [0.717, 1.165) is 17.7 Å². The highest BCUT2D eigenvalue weighted by Crippen LogP contribution is 2.38. The molecule has 0 aliphatic rings. The molecule has 0 radical (unpaired) electrons. The second kappa shape index (κ2) is 5.35. The average Bonchev–Trinajstić information content (AvgIpc) is 2.37. The minimum absolute atomic E-state index is 0.495. The molecule has 2 aromatic rings. The van der Waals surface area contributed by atoms with Crippen molar-refractivity contribution < 1.29 is 26.7 Å². The SMILES string of the molecule is Cc1cccc(-c2cccc(OC(F)(F)C(F)(F)F)c2)c1. The minimum Gasteiger partial charge on any atom is -0.426 e. The largest absolute Gasteiger partial charge is 0.499 e. The van der Waals surface area contributed by atoms with E-state index in [1.807, 2.05) is 13.0 Å². The molecule has 0 amide bonds. The molecule has 0 heterocycles. The number of ether oxygens (including phenoxy) is 1. The summed E-state index contributed by atoms with van der Waals surface area (Å²) in [6, 6.07) is 12.3. The predicted octanol–water partition coefficient (Wildman–Crippen LogP) is 5.20. The first-order valence-corrected chi connectivity index (χ1v) is 6.00. The van der Waals surface area contributed by atoms with Crippen molar-refractivity contribution in [2.45, 2.75) is 19.2 Å². The Hall–Kier alpha value is -2.11. The maximum absolute atomic E-state index is 12.9. The molecule has 2 rings (SSSR count). The molecule has 112 valence electrons. The number of benzene rings is 2. The van der Waals surface area contributed by atoms with Crippen LogP contribution in [0.1, 0.15) is 5.56 Å². The molecule has 0 aliphatic heterocycles. The van der Waals surface area contributed by atoms with Crippen LogP contribution in [0.25, 0.3) is 11.1 Å². The maximum atomic E-state index is 12.9. The minimum atomic E-state index is -5.76. The van der Waals surface area contributed by atoms with E-state index in [1.54, 1.807) is 24.3 Å². The smallest absolute Gasteiger partial charge is 0.426 e. The van der Waals surface area contributed by atoms with Gasteiger partial charge in [0.15, 0.2) is 0 Å². The Morgan fingerprint density at radius 1 is 0.810 bits per heavy atom. The molecule has 0 saturated carbocycles. The molecule has 6 heteroatoms. The van der Waals surface area contributed by atoms with Crippen LogP contribution in [0, 0.1) is 6.92 Å². The van der Waals surface area contributed by atoms with Crippen molar-refractivity contribution in [3.8, 4) is 16.9 Å². The fraction of sp³-hybridized carbons (Fsp3) is 0.200. The zero-order valence-corrected chi connectivity index (χ0v) is 10.9. The van der Waals surface area contributed by atoms with E-state index in [2.05, 4.69) is 4.74 Å². The number of aryl methyl sites for hydroxylation is 1. The molecular weight excluding hydrogens is 291 g/mol. The van der Waals surface area contributed by atoms with E-state index in [-0.39, 0.29) is 0 Å². The molecule has 0 fully saturated rings. The van der Waals surface area contributed by atoms with Crippen LogP contribution < -0.4 is 4.74 Å². The predicted molar refractivity (Wildman–Crippen MR) is 68.2 cm³/mol. The Balaban J connectivity index is 2.31. The Morgan fingerprint density at radius 2 is 1.38 bits per heavy atom. The Labute approximate surface area is 118 Å². The van der Waals surface area contributed by atoms with Crippen LogP contribution in [0.15, 0.2) is 48.5 Å². The maximum Gasteiger partial charge on any atom is 0.499 e. The van der Waals surface area contributed by atoms with Crippen molar-refractivity contribution in [2.75, 3.05) is 0 Å². The third-order valence-corrected chi connectivity index (χ3v) is 2.76. The van der Waals surface area contributed by atoms with E-state index in [0.29, 0.717) is 11.1 Å². The van der Waals surface area contributed by atoms with Crippen molar-refractivity contribution in [1.29, 1.82) is 0 Å². The van der Waals surface area contributed by atoms with Gasteiger partial charge in [-0.3, -0.25) is 0 Å². The quantitative estimate of drug-likeness (QED) is 0.708. The van der Waals surface area contributed by atoms with E-state index < -0.39 is 18.0 Å². The summed E-state index contributed by atoms with van der Waals surface area (Å²) in [4.78, 5) is 0. The van der Waals surface area contributed by atoms with Gasteiger partial charge >= 0.3 is 12.3 Å². The molecule has 0 aliphatic carbocycles. The molecule has 0 aromatic heterocycles. The Morgan fingerprint density at radius 3 is 1.95 bits per heavy atom. The summed E-state index contributed by atoms with van der Waals surface area (Å²) in [7, 11) is 0. The van der Waals surface area contributed by atoms with Gasteiger partial charge in [-0.05, 0) is 30.2 Å². The molecule has 0 spiro atoms. The van der Waals surface area contributed by atoms with E-state index in [9.17, 15) is 22.0 Å². The summed E-state index contributed by atoms with van der Waals surface area (Å²) >= 11 is 0. The second-order valence-corrected chi connectivity index (χ2v) is 4.51. The van der Waals surface area contributed by atoms with Gasteiger partial charge < -0.3 is 4.74 Å². The first-order chi connectivity index (χ1) is 9.69. The molecule has 0 saturated heterocycles. The normalized spacial score (nSPS) is 12.3. The summed E-state index contributed by atoms with van der Waals surface area (Å²) in [6.07, 6.45) is -11.0. The summed E-state index contributed by atoms with van der Waals surface area (Å²) in [5.41, 5.74) is 2.14. The lowest BCUT2D eigenvalue weighted by atomic mass is 10.0. The van der Waals surface area contributed by atoms with Crippen LogP contribution in [0.4, 0.5) is 22.0 Å². The lowest BCUT2D eigenvalue weighted by molar-refractivity contribution is -0.360. The highest BCUT2D eigenvalue weighted by Gasteiger charge is 2.61. The number of hydrogen-bond donors (Lipinski definition) is 0. The van der Waals surface area contributed by atoms with Gasteiger partial charge in [0, 0.05) is 0 Å². The van der Waals surface area contributed by atoms with Crippen molar-refractivity contribution in [3.05, 3.63) is 54.1 Å². The Kier molecular flexibility index (Phi) is 3.89. The van der Waals surface area contributed by atoms with E-state index in [4.69, 9.17) is 0 Å². The third-order valence-electron chi connectivity index (χ3n) is 2.76. The fourth-order valence-corrected chi connectivity index (χ4v) is 1.77. The van der Waals surface area contributed by atoms with Crippen LogP contribution in [-0.4, -0.2) is 12.3 Å². The van der Waals surface area contributed by atoms with E-state index >= 15 is 0 Å². The first kappa shape index (κ1) is 15.3. The van der Waals surface area contributed by atoms with Gasteiger partial charge in [0.25, 0.3) is 0 Å². The molecule has 2 aromatic carbocycles. The van der Waals surface area contributed by atoms with Crippen molar-refractivity contribution in [2.24, 2.45) is 0 Å². The first-order valence-electron chi connectivity index (χ1n) is 6.00. The van der Waals surface area contributed by atoms with Gasteiger partial charge in [-0.2, -0.15) is 22.0 Å². The van der Waals surface area contributed by atoms with Crippen molar-refractivity contribution >= 4 is 0 Å². The van der Waals surface area contributed by atoms with Gasteiger partial charge in [-0.15, -0.1) is 0 Å². The summed E-state index contributed by atoms with van der Waals surface area (Å²) < 4.78 is 65.9. The molecule has 0 N–H and O–H groups in total. The zero-order chi connectivity index (χ0) is 15.7. The standard InChI is InChI=1S/C15H11F5O/c1-10-4-2-5-11(8-10)12-6-3-7-13(9-12)21-15(19,20)14(16,17)18/h2-9H,1H3. The number of rotatable bonds is 3. The lowest BCUT2D eigenvalue weighted by Gasteiger charge is -2.20. The molecule has 0 atom stereocenters. The monoisotopic (exact) mass is 302 g/mol. The van der Waals surface area contributed by atoms with Crippen molar-refractivity contribution in [3.63, 3.8) is 0 Å². The van der Waals surface area contributed by atoms with E-state index in [1.165, 1.54) is 6.07 Å². The number of hydrogen-bond acceptors (Lipinski definition) is 1. The van der Waals surface area contributed by atoms with Gasteiger partial charge in [-0.25, -0.2) is 0 Å². The summed E-state index contributed by atoms with van der Waals surface area (Å²) in [5, 5.41) is 0. The van der Waals surface area contributed by atoms with Gasteiger partial charge in [0.1, 0.15) is 5.75 Å². The number of halogens is 5. The van der Waals surface area contributed by atoms with Crippen LogP contribution in [-0.2, 0) is 0 Å². The molecular formula is C15H11F5O. The van der Waals surface area contributed by atoms with Gasteiger partial charge in [0.05, 0.1) is 0 Å². The molecule has 21 heavy (non-hydrogen) atoms. The lowest BCUT2D eigenvalue weighted by Crippen LogP contribution is -2.41. The summed E-state index contributed by atoms with van der Waals surface area (Å²) in [5.74, 6) is -0.545. The molecule has 0 unspecified atom stereocenters. The Bertz CT molecular complexity index is 634. The zero-order valence-electron chi connectivity index (χ0n) is 10.9. The molecule has 0 bridgehead atoms. The average molecular weight is 302 g/mol. The topological polar surface area (TPSA) is 9.23 Å².